The van der Waals surface area contributed by atoms with Gasteiger partial charge in [0.2, 0.25) is 5.91 Å². The van der Waals surface area contributed by atoms with Crippen LogP contribution in [-0.4, -0.2) is 65.8 Å². The van der Waals surface area contributed by atoms with Crippen molar-refractivity contribution >= 4 is 30.3 Å². The molecule has 24 heavy (non-hydrogen) atoms. The molecular formula is C16H23ClN4O3. The van der Waals surface area contributed by atoms with Crippen LogP contribution >= 0.6 is 12.4 Å². The van der Waals surface area contributed by atoms with Gasteiger partial charge in [-0.05, 0) is 18.5 Å². The zero-order valence-electron chi connectivity index (χ0n) is 13.7. The van der Waals surface area contributed by atoms with Crippen LogP contribution < -0.4 is 5.73 Å². The summed E-state index contributed by atoms with van der Waals surface area (Å²) in [6, 6.07) is 9.16. The Morgan fingerprint density at radius 3 is 2.46 bits per heavy atom. The van der Waals surface area contributed by atoms with Crippen LogP contribution in [0.5, 0.6) is 0 Å². The highest BCUT2D eigenvalue weighted by atomic mass is 35.5. The zero-order chi connectivity index (χ0) is 16.8. The lowest BCUT2D eigenvalue weighted by molar-refractivity contribution is -0.137. The maximum absolute atomic E-state index is 12.5. The van der Waals surface area contributed by atoms with Crippen LogP contribution in [0.2, 0.25) is 0 Å². The fraction of sp³-hybridized carbons (Fsp3) is 0.438. The van der Waals surface area contributed by atoms with Crippen LogP contribution in [0.15, 0.2) is 30.3 Å². The Bertz CT molecular complexity index is 582. The van der Waals surface area contributed by atoms with Crippen LogP contribution in [0.4, 0.5) is 4.79 Å². The third-order valence-corrected chi connectivity index (χ3v) is 3.73. The molecule has 4 amide bonds. The second kappa shape index (κ2) is 9.24. The number of benzene rings is 1. The normalized spacial score (nSPS) is 13.9. The van der Waals surface area contributed by atoms with Gasteiger partial charge in [0, 0.05) is 20.1 Å². The molecule has 7 nitrogen and oxygen atoms in total. The highest BCUT2D eigenvalue weighted by molar-refractivity contribution is 6.04. The molecule has 8 heteroatoms. The topological polar surface area (TPSA) is 87.0 Å². The van der Waals surface area contributed by atoms with E-state index in [1.165, 1.54) is 4.90 Å². The molecule has 1 saturated heterocycles. The molecule has 0 atom stereocenters. The largest absolute Gasteiger partial charge is 0.337 e. The minimum Gasteiger partial charge on any atom is -0.337 e. The lowest BCUT2D eigenvalue weighted by Crippen LogP contribution is -2.43. The molecule has 0 bridgehead atoms. The van der Waals surface area contributed by atoms with E-state index in [-0.39, 0.29) is 37.3 Å². The summed E-state index contributed by atoms with van der Waals surface area (Å²) in [5.74, 6) is -0.594. The van der Waals surface area contributed by atoms with Gasteiger partial charge in [0.05, 0.1) is 0 Å². The van der Waals surface area contributed by atoms with Crippen LogP contribution in [0, 0.1) is 0 Å². The fourth-order valence-corrected chi connectivity index (χ4v) is 2.44. The van der Waals surface area contributed by atoms with E-state index in [2.05, 4.69) is 0 Å². The summed E-state index contributed by atoms with van der Waals surface area (Å²) in [5.41, 5.74) is 6.53. The molecule has 1 aromatic rings. The van der Waals surface area contributed by atoms with Crippen molar-refractivity contribution in [3.8, 4) is 0 Å². The van der Waals surface area contributed by atoms with E-state index in [9.17, 15) is 14.4 Å². The molecule has 132 valence electrons. The number of carbonyl (C=O) groups is 3. The van der Waals surface area contributed by atoms with Gasteiger partial charge >= 0.3 is 6.03 Å². The summed E-state index contributed by atoms with van der Waals surface area (Å²) >= 11 is 0. The van der Waals surface area contributed by atoms with E-state index in [1.807, 2.05) is 30.3 Å². The first-order valence-corrected chi connectivity index (χ1v) is 7.60. The first kappa shape index (κ1) is 19.9. The van der Waals surface area contributed by atoms with Gasteiger partial charge < -0.3 is 15.5 Å². The number of nitrogens with zero attached hydrogens (tertiary/aromatic N) is 3. The van der Waals surface area contributed by atoms with Crippen molar-refractivity contribution in [2.24, 2.45) is 5.73 Å². The maximum atomic E-state index is 12.5. The smallest absolute Gasteiger partial charge is 0.327 e. The van der Waals surface area contributed by atoms with Crippen molar-refractivity contribution in [1.82, 2.24) is 14.7 Å². The van der Waals surface area contributed by atoms with Crippen molar-refractivity contribution in [2.45, 2.75) is 13.0 Å². The molecule has 1 aliphatic heterocycles. The number of carbonyl (C=O) groups excluding carboxylic acids is 3. The number of nitrogens with two attached hydrogens (primary N) is 1. The number of amides is 4. The summed E-state index contributed by atoms with van der Waals surface area (Å²) < 4.78 is 0. The minimum atomic E-state index is -0.429. The number of hydrogen-bond donors (Lipinski definition) is 1. The van der Waals surface area contributed by atoms with Crippen LogP contribution in [0.25, 0.3) is 0 Å². The zero-order valence-corrected chi connectivity index (χ0v) is 14.5. The lowest BCUT2D eigenvalue weighted by atomic mass is 10.2. The van der Waals surface area contributed by atoms with Gasteiger partial charge in [-0.25, -0.2) is 4.79 Å². The molecule has 0 unspecified atom stereocenters. The number of urea groups is 1. The van der Waals surface area contributed by atoms with Gasteiger partial charge in [0.25, 0.3) is 5.91 Å². The fourth-order valence-electron chi connectivity index (χ4n) is 2.44. The molecule has 0 aromatic heterocycles. The number of imide groups is 1. The third kappa shape index (κ3) is 4.94. The van der Waals surface area contributed by atoms with Gasteiger partial charge in [0.1, 0.15) is 13.1 Å². The molecule has 2 rings (SSSR count). The average Bonchev–Trinajstić information content (AvgIpc) is 2.78. The van der Waals surface area contributed by atoms with Crippen LogP contribution in [0.3, 0.4) is 0 Å². The van der Waals surface area contributed by atoms with E-state index < -0.39 is 6.03 Å². The van der Waals surface area contributed by atoms with E-state index in [0.717, 1.165) is 10.5 Å². The number of likely N-dealkylation sites (N-methyl/N-ethyl adjacent to an activating group) is 1. The molecule has 0 saturated carbocycles. The molecule has 0 radical (unpaired) electrons. The summed E-state index contributed by atoms with van der Waals surface area (Å²) in [4.78, 5) is 40.2. The molecule has 1 heterocycles. The average molecular weight is 355 g/mol. The van der Waals surface area contributed by atoms with Gasteiger partial charge in [-0.15, -0.1) is 12.4 Å². The van der Waals surface area contributed by atoms with Gasteiger partial charge in [-0.1, -0.05) is 30.3 Å². The van der Waals surface area contributed by atoms with Gasteiger partial charge in [0.15, 0.2) is 0 Å². The van der Waals surface area contributed by atoms with Crippen molar-refractivity contribution in [1.29, 1.82) is 0 Å². The quantitative estimate of drug-likeness (QED) is 0.729. The number of rotatable bonds is 7. The molecular weight excluding hydrogens is 332 g/mol. The molecule has 1 fully saturated rings. The SMILES string of the molecule is CN1CC(=O)N(CC(=O)N(CCCN)Cc2ccccc2)C1=O.Cl. The van der Waals surface area contributed by atoms with Crippen LogP contribution in [0.1, 0.15) is 12.0 Å². The van der Waals surface area contributed by atoms with Crippen molar-refractivity contribution < 1.29 is 14.4 Å². The summed E-state index contributed by atoms with van der Waals surface area (Å²) in [7, 11) is 1.54. The second-order valence-corrected chi connectivity index (χ2v) is 5.56. The monoisotopic (exact) mass is 354 g/mol. The predicted octanol–water partition coefficient (Wildman–Crippen LogP) is 0.680. The highest BCUT2D eigenvalue weighted by Crippen LogP contribution is 2.10. The van der Waals surface area contributed by atoms with E-state index in [4.69, 9.17) is 5.73 Å². The van der Waals surface area contributed by atoms with Crippen molar-refractivity contribution in [3.05, 3.63) is 35.9 Å². The Labute approximate surface area is 147 Å². The second-order valence-electron chi connectivity index (χ2n) is 5.56. The number of halogens is 1. The first-order chi connectivity index (χ1) is 11.0. The Morgan fingerprint density at radius 2 is 1.92 bits per heavy atom. The highest BCUT2D eigenvalue weighted by Gasteiger charge is 2.35. The van der Waals surface area contributed by atoms with Crippen molar-refractivity contribution in [3.63, 3.8) is 0 Å². The molecule has 1 aromatic carbocycles. The predicted molar refractivity (Wildman–Crippen MR) is 92.5 cm³/mol. The lowest BCUT2D eigenvalue weighted by Gasteiger charge is -2.24. The molecule has 0 aliphatic carbocycles. The summed E-state index contributed by atoms with van der Waals surface area (Å²) in [6.45, 7) is 1.21. The summed E-state index contributed by atoms with van der Waals surface area (Å²) in [5, 5.41) is 0. The van der Waals surface area contributed by atoms with E-state index in [1.54, 1.807) is 11.9 Å². The standard InChI is InChI=1S/C16H22N4O3.ClH/c1-18-11-15(22)20(16(18)23)12-14(21)19(9-5-8-17)10-13-6-3-2-4-7-13;/h2-4,6-7H,5,8-12,17H2,1H3;1H. The molecule has 1 aliphatic rings. The molecule has 2 N–H and O–H groups in total. The van der Waals surface area contributed by atoms with Crippen LogP contribution in [-0.2, 0) is 16.1 Å². The number of hydrogen-bond acceptors (Lipinski definition) is 4. The molecule has 0 spiro atoms. The van der Waals surface area contributed by atoms with E-state index in [0.29, 0.717) is 26.1 Å². The third-order valence-electron chi connectivity index (χ3n) is 3.73. The van der Waals surface area contributed by atoms with Gasteiger partial charge in [-0.2, -0.15) is 0 Å². The van der Waals surface area contributed by atoms with E-state index >= 15 is 0 Å². The Morgan fingerprint density at radius 1 is 1.25 bits per heavy atom. The van der Waals surface area contributed by atoms with Crippen molar-refractivity contribution in [2.75, 3.05) is 33.2 Å². The summed E-state index contributed by atoms with van der Waals surface area (Å²) in [6.07, 6.45) is 0.667. The first-order valence-electron chi connectivity index (χ1n) is 7.60. The van der Waals surface area contributed by atoms with Gasteiger partial charge in [-0.3, -0.25) is 14.5 Å². The Hall–Kier alpha value is -2.12. The Kier molecular flexibility index (Phi) is 7.67. The minimum absolute atomic E-state index is 0. The maximum Gasteiger partial charge on any atom is 0.327 e. The Balaban J connectivity index is 0.00000288.